The van der Waals surface area contributed by atoms with Crippen LogP contribution in [-0.4, -0.2) is 52.5 Å². The molecule has 1 saturated heterocycles. The zero-order valence-electron chi connectivity index (χ0n) is 15.1. The summed E-state index contributed by atoms with van der Waals surface area (Å²) in [6.45, 7) is 2.88. The lowest BCUT2D eigenvalue weighted by atomic mass is 9.82. The Labute approximate surface area is 161 Å². The molecule has 1 heterocycles. The zero-order chi connectivity index (χ0) is 18.6. The molecule has 2 unspecified atom stereocenters. The third-order valence-electron chi connectivity index (χ3n) is 5.29. The molecular weight excluding hydrogens is 372 g/mol. The quantitative estimate of drug-likeness (QED) is 0.453. The van der Waals surface area contributed by atoms with Crippen LogP contribution < -0.4 is 10.0 Å². The highest BCUT2D eigenvalue weighted by molar-refractivity contribution is 7.89. The van der Waals surface area contributed by atoms with Crippen molar-refractivity contribution in [1.82, 2.24) is 14.9 Å². The zero-order valence-corrected chi connectivity index (χ0v) is 16.7. The average Bonchev–Trinajstić information content (AvgIpc) is 3.05. The van der Waals surface area contributed by atoms with Gasteiger partial charge in [0.1, 0.15) is 0 Å². The standard InChI is InChI=1S/C18H27ClN4O2S/c1-20-18(23-12-14-5-2-3-6-15(14)13-23)21-9-10-22-26(24,25)17-8-4-7-16(19)11-17/h4,7-8,11,14-15,22H,2-3,5-6,9-10,12-13H2,1H3,(H,20,21). The lowest BCUT2D eigenvalue weighted by Gasteiger charge is -2.22. The van der Waals surface area contributed by atoms with Crippen molar-refractivity contribution < 1.29 is 8.42 Å². The molecule has 2 fully saturated rings. The fraction of sp³-hybridized carbons (Fsp3) is 0.611. The van der Waals surface area contributed by atoms with Crippen molar-refractivity contribution in [3.05, 3.63) is 29.3 Å². The molecule has 144 valence electrons. The third kappa shape index (κ3) is 4.69. The predicted molar refractivity (Wildman–Crippen MR) is 105 cm³/mol. The maximum Gasteiger partial charge on any atom is 0.240 e. The third-order valence-corrected chi connectivity index (χ3v) is 6.99. The van der Waals surface area contributed by atoms with Crippen LogP contribution in [-0.2, 0) is 10.0 Å². The van der Waals surface area contributed by atoms with Gasteiger partial charge >= 0.3 is 0 Å². The Kier molecular flexibility index (Phi) is 6.42. The van der Waals surface area contributed by atoms with Gasteiger partial charge < -0.3 is 10.2 Å². The first-order chi connectivity index (χ1) is 12.5. The van der Waals surface area contributed by atoms with E-state index in [-0.39, 0.29) is 11.4 Å². The monoisotopic (exact) mass is 398 g/mol. The fourth-order valence-corrected chi connectivity index (χ4v) is 5.32. The SMILES string of the molecule is CN=C(NCCNS(=O)(=O)c1cccc(Cl)c1)N1CC2CCCCC2C1. The second-order valence-corrected chi connectivity index (χ2v) is 9.24. The molecule has 0 radical (unpaired) electrons. The van der Waals surface area contributed by atoms with Crippen molar-refractivity contribution in [1.29, 1.82) is 0 Å². The second kappa shape index (κ2) is 8.59. The summed E-state index contributed by atoms with van der Waals surface area (Å²) in [5.41, 5.74) is 0. The van der Waals surface area contributed by atoms with Crippen LogP contribution in [0.1, 0.15) is 25.7 Å². The van der Waals surface area contributed by atoms with Crippen molar-refractivity contribution in [2.75, 3.05) is 33.2 Å². The Morgan fingerprint density at radius 3 is 2.54 bits per heavy atom. The molecule has 2 N–H and O–H groups in total. The minimum Gasteiger partial charge on any atom is -0.355 e. The molecular formula is C18H27ClN4O2S. The van der Waals surface area contributed by atoms with Crippen LogP contribution in [0.25, 0.3) is 0 Å². The molecule has 0 spiro atoms. The summed E-state index contributed by atoms with van der Waals surface area (Å²) in [5.74, 6) is 2.42. The van der Waals surface area contributed by atoms with Gasteiger partial charge in [-0.3, -0.25) is 4.99 Å². The van der Waals surface area contributed by atoms with Gasteiger partial charge in [0, 0.05) is 38.2 Å². The summed E-state index contributed by atoms with van der Waals surface area (Å²) in [7, 11) is -1.77. The Hall–Kier alpha value is -1.31. The molecule has 2 atom stereocenters. The molecule has 1 aromatic carbocycles. The highest BCUT2D eigenvalue weighted by Gasteiger charge is 2.35. The summed E-state index contributed by atoms with van der Waals surface area (Å²) in [6, 6.07) is 6.26. The number of benzene rings is 1. The predicted octanol–water partition coefficient (Wildman–Crippen LogP) is 2.32. The largest absolute Gasteiger partial charge is 0.355 e. The van der Waals surface area contributed by atoms with Crippen LogP contribution in [0, 0.1) is 11.8 Å². The summed E-state index contributed by atoms with van der Waals surface area (Å²) in [4.78, 5) is 6.86. The summed E-state index contributed by atoms with van der Waals surface area (Å²) < 4.78 is 27.2. The topological polar surface area (TPSA) is 73.8 Å². The van der Waals surface area contributed by atoms with Crippen molar-refractivity contribution >= 4 is 27.6 Å². The Morgan fingerprint density at radius 2 is 1.92 bits per heavy atom. The summed E-state index contributed by atoms with van der Waals surface area (Å²) in [6.07, 6.45) is 5.31. The van der Waals surface area contributed by atoms with Gasteiger partial charge in [0.05, 0.1) is 4.90 Å². The Bertz CT molecular complexity index is 739. The van der Waals surface area contributed by atoms with Crippen LogP contribution in [0.5, 0.6) is 0 Å². The second-order valence-electron chi connectivity index (χ2n) is 7.04. The molecule has 6 nitrogen and oxygen atoms in total. The maximum absolute atomic E-state index is 12.3. The highest BCUT2D eigenvalue weighted by Crippen LogP contribution is 2.35. The highest BCUT2D eigenvalue weighted by atomic mass is 35.5. The lowest BCUT2D eigenvalue weighted by molar-refractivity contribution is 0.299. The van der Waals surface area contributed by atoms with Crippen LogP contribution in [0.15, 0.2) is 34.2 Å². The van der Waals surface area contributed by atoms with Gasteiger partial charge in [-0.2, -0.15) is 0 Å². The molecule has 1 aromatic rings. The van der Waals surface area contributed by atoms with Gasteiger partial charge in [-0.25, -0.2) is 13.1 Å². The average molecular weight is 399 g/mol. The lowest BCUT2D eigenvalue weighted by Crippen LogP contribution is -2.43. The van der Waals surface area contributed by atoms with E-state index in [1.165, 1.54) is 37.8 Å². The summed E-state index contributed by atoms with van der Waals surface area (Å²) >= 11 is 5.87. The van der Waals surface area contributed by atoms with Crippen molar-refractivity contribution in [3.8, 4) is 0 Å². The number of nitrogens with one attached hydrogen (secondary N) is 2. The van der Waals surface area contributed by atoms with Crippen molar-refractivity contribution in [2.24, 2.45) is 16.8 Å². The van der Waals surface area contributed by atoms with Gasteiger partial charge in [0.15, 0.2) is 5.96 Å². The minimum absolute atomic E-state index is 0.179. The van der Waals surface area contributed by atoms with E-state index in [0.29, 0.717) is 11.6 Å². The first-order valence-electron chi connectivity index (χ1n) is 9.20. The van der Waals surface area contributed by atoms with Crippen LogP contribution in [0.4, 0.5) is 0 Å². The minimum atomic E-state index is -3.55. The van der Waals surface area contributed by atoms with Crippen LogP contribution in [0.3, 0.4) is 0 Å². The fourth-order valence-electron chi connectivity index (χ4n) is 3.99. The summed E-state index contributed by atoms with van der Waals surface area (Å²) in [5, 5.41) is 3.68. The smallest absolute Gasteiger partial charge is 0.240 e. The van der Waals surface area contributed by atoms with Gasteiger partial charge in [0.2, 0.25) is 10.0 Å². The van der Waals surface area contributed by atoms with E-state index in [2.05, 4.69) is 19.9 Å². The number of hydrogen-bond acceptors (Lipinski definition) is 3. The van der Waals surface area contributed by atoms with E-state index < -0.39 is 10.0 Å². The van der Waals surface area contributed by atoms with Crippen molar-refractivity contribution in [2.45, 2.75) is 30.6 Å². The first-order valence-corrected chi connectivity index (χ1v) is 11.1. The molecule has 8 heteroatoms. The Balaban J connectivity index is 1.48. The van der Waals surface area contributed by atoms with E-state index in [4.69, 9.17) is 11.6 Å². The number of nitrogens with zero attached hydrogens (tertiary/aromatic N) is 2. The molecule has 0 bridgehead atoms. The number of likely N-dealkylation sites (tertiary alicyclic amines) is 1. The van der Waals surface area contributed by atoms with Crippen molar-refractivity contribution in [3.63, 3.8) is 0 Å². The molecule has 1 aliphatic carbocycles. The number of guanidine groups is 1. The van der Waals surface area contributed by atoms with Crippen LogP contribution in [0.2, 0.25) is 5.02 Å². The molecule has 1 aliphatic heterocycles. The van der Waals surface area contributed by atoms with Crippen LogP contribution >= 0.6 is 11.6 Å². The number of hydrogen-bond donors (Lipinski definition) is 2. The van der Waals surface area contributed by atoms with E-state index in [1.54, 1.807) is 19.2 Å². The first kappa shape index (κ1) is 19.5. The maximum atomic E-state index is 12.3. The molecule has 26 heavy (non-hydrogen) atoms. The van der Waals surface area contributed by atoms with Gasteiger partial charge in [0.25, 0.3) is 0 Å². The number of halogens is 1. The number of rotatable bonds is 5. The van der Waals surface area contributed by atoms with E-state index in [1.807, 2.05) is 0 Å². The normalized spacial score (nSPS) is 23.8. The molecule has 2 aliphatic rings. The van der Waals surface area contributed by atoms with Gasteiger partial charge in [-0.1, -0.05) is 30.5 Å². The molecule has 3 rings (SSSR count). The molecule has 1 saturated carbocycles. The molecule has 0 amide bonds. The van der Waals surface area contributed by atoms with E-state index in [9.17, 15) is 8.42 Å². The van der Waals surface area contributed by atoms with Gasteiger partial charge in [-0.05, 0) is 42.9 Å². The van der Waals surface area contributed by atoms with E-state index >= 15 is 0 Å². The number of sulfonamides is 1. The van der Waals surface area contributed by atoms with E-state index in [0.717, 1.165) is 30.9 Å². The number of fused-ring (bicyclic) bond motifs is 1. The molecule has 0 aromatic heterocycles. The van der Waals surface area contributed by atoms with Gasteiger partial charge in [-0.15, -0.1) is 0 Å². The number of aliphatic imine (C=N–C) groups is 1. The Morgan fingerprint density at radius 1 is 1.23 bits per heavy atom.